The maximum absolute atomic E-state index is 13.4. The molecule has 24 heavy (non-hydrogen) atoms. The summed E-state index contributed by atoms with van der Waals surface area (Å²) in [6, 6.07) is 12.7. The van der Waals surface area contributed by atoms with Gasteiger partial charge in [0.2, 0.25) is 0 Å². The molecule has 0 aliphatic rings. The molecule has 3 nitrogen and oxygen atoms in total. The number of hydrogen-bond acceptors (Lipinski definition) is 2. The Morgan fingerprint density at radius 1 is 1.25 bits per heavy atom. The van der Waals surface area contributed by atoms with Crippen molar-refractivity contribution in [2.75, 3.05) is 0 Å². The molecule has 5 heteroatoms. The van der Waals surface area contributed by atoms with Crippen molar-refractivity contribution < 1.29 is 4.39 Å². The van der Waals surface area contributed by atoms with Gasteiger partial charge >= 0.3 is 0 Å². The third-order valence-electron chi connectivity index (χ3n) is 3.68. The van der Waals surface area contributed by atoms with Crippen LogP contribution in [0.1, 0.15) is 12.5 Å². The van der Waals surface area contributed by atoms with Crippen molar-refractivity contribution in [3.05, 3.63) is 70.7 Å². The van der Waals surface area contributed by atoms with E-state index < -0.39 is 0 Å². The van der Waals surface area contributed by atoms with Crippen molar-refractivity contribution in [1.82, 2.24) is 9.55 Å². The first-order valence-corrected chi connectivity index (χ1v) is 8.39. The zero-order valence-electron chi connectivity index (χ0n) is 13.5. The molecule has 122 valence electrons. The highest BCUT2D eigenvalue weighted by molar-refractivity contribution is 9.10. The van der Waals surface area contributed by atoms with E-state index in [9.17, 15) is 4.39 Å². The Kier molecular flexibility index (Phi) is 4.90. The van der Waals surface area contributed by atoms with Gasteiger partial charge in [-0.25, -0.2) is 9.37 Å². The monoisotopic (exact) mass is 385 g/mol. The summed E-state index contributed by atoms with van der Waals surface area (Å²) < 4.78 is 16.5. The van der Waals surface area contributed by atoms with Crippen LogP contribution in [0.25, 0.3) is 11.4 Å². The first-order chi connectivity index (χ1) is 11.5. The second-order valence-electron chi connectivity index (χ2n) is 5.67. The molecule has 0 spiro atoms. The number of aromatic nitrogens is 2. The van der Waals surface area contributed by atoms with Crippen LogP contribution in [0.2, 0.25) is 0 Å². The Hall–Kier alpha value is -2.27. The van der Waals surface area contributed by atoms with E-state index >= 15 is 0 Å². The standard InChI is InChI=1S/C19H17BrFN3/c1-13-6-7-17(21)11-18(13)23-14(2)12-24-9-8-22-19(24)15-4-3-5-16(20)10-15/h3-11H,12H2,1-2H3. The van der Waals surface area contributed by atoms with Crippen molar-refractivity contribution in [3.63, 3.8) is 0 Å². The number of halogens is 2. The summed E-state index contributed by atoms with van der Waals surface area (Å²) in [6.07, 6.45) is 3.70. The number of rotatable bonds is 4. The first kappa shape index (κ1) is 16.6. The lowest BCUT2D eigenvalue weighted by Crippen LogP contribution is -2.07. The van der Waals surface area contributed by atoms with Gasteiger partial charge in [-0.05, 0) is 43.7 Å². The van der Waals surface area contributed by atoms with Crippen LogP contribution in [0.4, 0.5) is 10.1 Å². The Morgan fingerprint density at radius 2 is 2.08 bits per heavy atom. The minimum Gasteiger partial charge on any atom is -0.325 e. The molecule has 2 aromatic carbocycles. The van der Waals surface area contributed by atoms with Gasteiger partial charge in [0.05, 0.1) is 12.2 Å². The molecule has 0 fully saturated rings. The largest absolute Gasteiger partial charge is 0.325 e. The summed E-state index contributed by atoms with van der Waals surface area (Å²) in [5.41, 5.74) is 3.53. The SMILES string of the molecule is CC(Cn1ccnc1-c1cccc(Br)c1)=Nc1cc(F)ccc1C. The average Bonchev–Trinajstić information content (AvgIpc) is 2.99. The summed E-state index contributed by atoms with van der Waals surface area (Å²) in [4.78, 5) is 9.01. The molecule has 0 aliphatic carbocycles. The van der Waals surface area contributed by atoms with Gasteiger partial charge < -0.3 is 4.57 Å². The van der Waals surface area contributed by atoms with Gasteiger partial charge in [0.15, 0.2) is 0 Å². The van der Waals surface area contributed by atoms with Gasteiger partial charge in [-0.15, -0.1) is 0 Å². The van der Waals surface area contributed by atoms with Gasteiger partial charge in [-0.3, -0.25) is 4.99 Å². The molecule has 0 aliphatic heterocycles. The number of aryl methyl sites for hydroxylation is 1. The van der Waals surface area contributed by atoms with Crippen molar-refractivity contribution in [1.29, 1.82) is 0 Å². The fourth-order valence-electron chi connectivity index (χ4n) is 2.52. The zero-order chi connectivity index (χ0) is 17.1. The van der Waals surface area contributed by atoms with E-state index in [1.807, 2.05) is 48.9 Å². The zero-order valence-corrected chi connectivity index (χ0v) is 15.1. The van der Waals surface area contributed by atoms with E-state index in [1.165, 1.54) is 12.1 Å². The number of hydrogen-bond donors (Lipinski definition) is 0. The smallest absolute Gasteiger partial charge is 0.140 e. The average molecular weight is 386 g/mol. The Morgan fingerprint density at radius 3 is 2.88 bits per heavy atom. The Bertz CT molecular complexity index is 899. The van der Waals surface area contributed by atoms with Crippen LogP contribution in [0.3, 0.4) is 0 Å². The van der Waals surface area contributed by atoms with Crippen molar-refractivity contribution in [2.24, 2.45) is 4.99 Å². The molecular formula is C19H17BrFN3. The van der Waals surface area contributed by atoms with Crippen LogP contribution in [0, 0.1) is 12.7 Å². The van der Waals surface area contributed by atoms with Crippen molar-refractivity contribution in [2.45, 2.75) is 20.4 Å². The molecule has 0 N–H and O–H groups in total. The van der Waals surface area contributed by atoms with E-state index in [0.29, 0.717) is 12.2 Å². The number of benzene rings is 2. The van der Waals surface area contributed by atoms with Crippen LogP contribution in [-0.4, -0.2) is 15.3 Å². The maximum atomic E-state index is 13.4. The van der Waals surface area contributed by atoms with Crippen LogP contribution < -0.4 is 0 Å². The molecular weight excluding hydrogens is 369 g/mol. The highest BCUT2D eigenvalue weighted by atomic mass is 79.9. The Labute approximate surface area is 149 Å². The van der Waals surface area contributed by atoms with Crippen LogP contribution in [0.5, 0.6) is 0 Å². The van der Waals surface area contributed by atoms with Crippen molar-refractivity contribution >= 4 is 27.3 Å². The van der Waals surface area contributed by atoms with E-state index in [4.69, 9.17) is 0 Å². The third-order valence-corrected chi connectivity index (χ3v) is 4.17. The van der Waals surface area contributed by atoms with E-state index in [1.54, 1.807) is 12.3 Å². The molecule has 3 aromatic rings. The maximum Gasteiger partial charge on any atom is 0.140 e. The second-order valence-corrected chi connectivity index (χ2v) is 6.58. The topological polar surface area (TPSA) is 30.2 Å². The predicted molar refractivity (Wildman–Crippen MR) is 99.3 cm³/mol. The van der Waals surface area contributed by atoms with Crippen LogP contribution >= 0.6 is 15.9 Å². The van der Waals surface area contributed by atoms with Gasteiger partial charge in [-0.1, -0.05) is 34.1 Å². The lowest BCUT2D eigenvalue weighted by molar-refractivity contribution is 0.628. The molecule has 1 heterocycles. The highest BCUT2D eigenvalue weighted by Gasteiger charge is 2.08. The van der Waals surface area contributed by atoms with Gasteiger partial charge in [0, 0.05) is 28.1 Å². The van der Waals surface area contributed by atoms with Gasteiger partial charge in [0.1, 0.15) is 11.6 Å². The molecule has 0 unspecified atom stereocenters. The van der Waals surface area contributed by atoms with E-state index in [2.05, 4.69) is 25.9 Å². The minimum absolute atomic E-state index is 0.274. The lowest BCUT2D eigenvalue weighted by atomic mass is 10.2. The lowest BCUT2D eigenvalue weighted by Gasteiger charge is -2.09. The molecule has 0 radical (unpaired) electrons. The number of nitrogens with zero attached hydrogens (tertiary/aromatic N) is 3. The summed E-state index contributed by atoms with van der Waals surface area (Å²) in [5, 5.41) is 0. The fraction of sp³-hybridized carbons (Fsp3) is 0.158. The van der Waals surface area contributed by atoms with Gasteiger partial charge in [0.25, 0.3) is 0 Å². The second kappa shape index (κ2) is 7.09. The summed E-state index contributed by atoms with van der Waals surface area (Å²) in [7, 11) is 0. The Balaban J connectivity index is 1.88. The predicted octanol–water partition coefficient (Wildman–Crippen LogP) is 5.55. The molecule has 0 bridgehead atoms. The first-order valence-electron chi connectivity index (χ1n) is 7.60. The fourth-order valence-corrected chi connectivity index (χ4v) is 2.91. The molecule has 0 atom stereocenters. The molecule has 0 saturated carbocycles. The highest BCUT2D eigenvalue weighted by Crippen LogP contribution is 2.23. The number of imidazole rings is 1. The third kappa shape index (κ3) is 3.79. The van der Waals surface area contributed by atoms with Crippen LogP contribution in [-0.2, 0) is 6.54 Å². The molecule has 0 saturated heterocycles. The number of aliphatic imine (C=N–C) groups is 1. The molecule has 3 rings (SSSR count). The summed E-state index contributed by atoms with van der Waals surface area (Å²) in [6.45, 7) is 4.46. The summed E-state index contributed by atoms with van der Waals surface area (Å²) >= 11 is 3.49. The van der Waals surface area contributed by atoms with Crippen LogP contribution in [0.15, 0.2) is 64.3 Å². The minimum atomic E-state index is -0.274. The normalized spacial score (nSPS) is 11.8. The van der Waals surface area contributed by atoms with Crippen molar-refractivity contribution in [3.8, 4) is 11.4 Å². The quantitative estimate of drug-likeness (QED) is 0.541. The summed E-state index contributed by atoms with van der Waals surface area (Å²) in [5.74, 6) is 0.603. The molecule has 0 amide bonds. The van der Waals surface area contributed by atoms with Gasteiger partial charge in [-0.2, -0.15) is 0 Å². The molecule has 1 aromatic heterocycles. The van der Waals surface area contributed by atoms with E-state index in [-0.39, 0.29) is 5.82 Å². The van der Waals surface area contributed by atoms with E-state index in [0.717, 1.165) is 27.1 Å².